The molecular weight excluding hydrogens is 829 g/mol. The minimum Gasteiger partial charge on any atom is -0.479 e. The van der Waals surface area contributed by atoms with Gasteiger partial charge in [0.05, 0.1) is 6.61 Å². The molecule has 0 radical (unpaired) electrons. The predicted octanol–water partition coefficient (Wildman–Crippen LogP) is 12.1. The van der Waals surface area contributed by atoms with Crippen LogP contribution in [0.2, 0.25) is 0 Å². The summed E-state index contributed by atoms with van der Waals surface area (Å²) in [7, 11) is 0. The lowest BCUT2D eigenvalue weighted by atomic mass is 9.98. The van der Waals surface area contributed by atoms with E-state index in [9.17, 15) is 34.5 Å². The molecule has 6 unspecified atom stereocenters. The maximum absolute atomic E-state index is 13.0. The summed E-state index contributed by atoms with van der Waals surface area (Å²) in [5, 5.41) is 31.3. The number of aliphatic hydroxyl groups excluding tert-OH is 2. The van der Waals surface area contributed by atoms with Crippen molar-refractivity contribution >= 4 is 23.9 Å². The number of hydrogen-bond acceptors (Lipinski definition) is 11. The van der Waals surface area contributed by atoms with E-state index in [1.165, 1.54) is 57.8 Å². The fourth-order valence-corrected chi connectivity index (χ4v) is 7.62. The van der Waals surface area contributed by atoms with E-state index in [4.69, 9.17) is 23.7 Å². The highest BCUT2D eigenvalue weighted by Crippen LogP contribution is 2.26. The van der Waals surface area contributed by atoms with E-state index < -0.39 is 67.3 Å². The molecule has 0 aromatic heterocycles. The van der Waals surface area contributed by atoms with Crippen molar-refractivity contribution in [3.63, 3.8) is 0 Å². The Morgan fingerprint density at radius 1 is 0.508 bits per heavy atom. The maximum Gasteiger partial charge on any atom is 0.335 e. The van der Waals surface area contributed by atoms with E-state index in [1.807, 2.05) is 0 Å². The summed E-state index contributed by atoms with van der Waals surface area (Å²) in [6.45, 7) is 5.84. The zero-order valence-corrected chi connectivity index (χ0v) is 41.0. The van der Waals surface area contributed by atoms with Gasteiger partial charge in [0.1, 0.15) is 18.8 Å². The second kappa shape index (κ2) is 42.3. The van der Waals surface area contributed by atoms with Crippen molar-refractivity contribution < 1.29 is 58.2 Å². The van der Waals surface area contributed by atoms with E-state index in [0.717, 1.165) is 109 Å². The summed E-state index contributed by atoms with van der Waals surface area (Å²) in [6.07, 6.45) is 34.3. The van der Waals surface area contributed by atoms with Gasteiger partial charge in [-0.15, -0.1) is 0 Å². The van der Waals surface area contributed by atoms with Crippen molar-refractivity contribution in [2.24, 2.45) is 0 Å². The lowest BCUT2D eigenvalue weighted by molar-refractivity contribution is -0.301. The molecule has 0 amide bonds. The van der Waals surface area contributed by atoms with Gasteiger partial charge in [-0.3, -0.25) is 14.4 Å². The van der Waals surface area contributed by atoms with E-state index in [-0.39, 0.29) is 25.9 Å². The van der Waals surface area contributed by atoms with Gasteiger partial charge in [0.25, 0.3) is 0 Å². The molecule has 376 valence electrons. The first-order valence-corrected chi connectivity index (χ1v) is 26.0. The van der Waals surface area contributed by atoms with Crippen molar-refractivity contribution in [1.82, 2.24) is 0 Å². The molecule has 3 N–H and O–H groups in total. The molecule has 6 atom stereocenters. The number of carbonyl (C=O) groups is 4. The first-order chi connectivity index (χ1) is 31.6. The normalized spacial score (nSPS) is 19.3. The van der Waals surface area contributed by atoms with Crippen molar-refractivity contribution in [2.75, 3.05) is 13.2 Å². The van der Waals surface area contributed by atoms with Gasteiger partial charge >= 0.3 is 23.9 Å². The number of unbranched alkanes of at least 4 members (excludes halogenated alkanes) is 23. The van der Waals surface area contributed by atoms with Gasteiger partial charge in [-0.25, -0.2) is 4.79 Å². The maximum atomic E-state index is 13.0. The van der Waals surface area contributed by atoms with Gasteiger partial charge in [0.2, 0.25) is 0 Å². The van der Waals surface area contributed by atoms with Crippen molar-refractivity contribution in [1.29, 1.82) is 0 Å². The Labute approximate surface area is 393 Å². The second-order valence-electron chi connectivity index (χ2n) is 17.8. The fraction of sp³-hybridized carbons (Fsp3) is 0.811. The second-order valence-corrected chi connectivity index (χ2v) is 17.8. The minimum absolute atomic E-state index is 0.0507. The topological polar surface area (TPSA) is 175 Å². The van der Waals surface area contributed by atoms with Gasteiger partial charge < -0.3 is 39.0 Å². The Bertz CT molecular complexity index is 1280. The van der Waals surface area contributed by atoms with Crippen LogP contribution < -0.4 is 0 Å². The number of hydrogen-bond donors (Lipinski definition) is 3. The molecule has 1 saturated heterocycles. The average molecular weight is 921 g/mol. The van der Waals surface area contributed by atoms with Crippen LogP contribution in [0, 0.1) is 0 Å². The largest absolute Gasteiger partial charge is 0.479 e. The third kappa shape index (κ3) is 33.1. The monoisotopic (exact) mass is 921 g/mol. The molecule has 0 bridgehead atoms. The molecule has 12 heteroatoms. The van der Waals surface area contributed by atoms with Crippen LogP contribution in [0.3, 0.4) is 0 Å². The zero-order chi connectivity index (χ0) is 47.6. The van der Waals surface area contributed by atoms with Crippen LogP contribution in [0.5, 0.6) is 0 Å². The third-order valence-electron chi connectivity index (χ3n) is 11.7. The Balaban J connectivity index is 2.75. The molecule has 1 aliphatic heterocycles. The molecule has 1 aliphatic rings. The average Bonchev–Trinajstić information content (AvgIpc) is 3.29. The van der Waals surface area contributed by atoms with Crippen LogP contribution in [0.15, 0.2) is 36.5 Å². The van der Waals surface area contributed by atoms with Gasteiger partial charge in [-0.05, 0) is 64.2 Å². The summed E-state index contributed by atoms with van der Waals surface area (Å²) < 4.78 is 28.2. The van der Waals surface area contributed by atoms with E-state index in [1.54, 1.807) is 0 Å². The number of carboxylic acid groups (broad SMARTS) is 1. The number of rotatable bonds is 43. The number of allylic oxidation sites excluding steroid dienone is 6. The summed E-state index contributed by atoms with van der Waals surface area (Å²) >= 11 is 0. The SMILES string of the molecule is CCC/C=C\C/C=C\CCCCCCCC(=O)OCC(COC1OC(C(=O)O)C(O)C(O)C1OC(=O)CCCCCCC/C=C\CCCC)OC(=O)CCCCCCCCCCCCC. The molecule has 1 fully saturated rings. The number of aliphatic carboxylic acids is 1. The van der Waals surface area contributed by atoms with E-state index in [0.29, 0.717) is 19.3 Å². The first kappa shape index (κ1) is 60.0. The van der Waals surface area contributed by atoms with Crippen molar-refractivity contribution in [2.45, 2.75) is 263 Å². The van der Waals surface area contributed by atoms with Crippen molar-refractivity contribution in [3.05, 3.63) is 36.5 Å². The molecular formula is C53H92O12. The number of carbonyl (C=O) groups excluding carboxylic acids is 3. The summed E-state index contributed by atoms with van der Waals surface area (Å²) in [5.41, 5.74) is 0. The Morgan fingerprint density at radius 2 is 0.969 bits per heavy atom. The van der Waals surface area contributed by atoms with E-state index in [2.05, 4.69) is 57.2 Å². The predicted molar refractivity (Wildman–Crippen MR) is 257 cm³/mol. The molecule has 0 saturated carbocycles. The van der Waals surface area contributed by atoms with Crippen LogP contribution in [0.25, 0.3) is 0 Å². The lowest BCUT2D eigenvalue weighted by Gasteiger charge is -2.40. The molecule has 1 rings (SSSR count). The highest BCUT2D eigenvalue weighted by molar-refractivity contribution is 5.74. The molecule has 0 spiro atoms. The van der Waals surface area contributed by atoms with Gasteiger partial charge in [-0.1, -0.05) is 179 Å². The van der Waals surface area contributed by atoms with E-state index >= 15 is 0 Å². The van der Waals surface area contributed by atoms with Gasteiger partial charge in [-0.2, -0.15) is 0 Å². The Morgan fingerprint density at radius 3 is 1.51 bits per heavy atom. The lowest BCUT2D eigenvalue weighted by Crippen LogP contribution is -2.61. The summed E-state index contributed by atoms with van der Waals surface area (Å²) in [6, 6.07) is 0. The molecule has 65 heavy (non-hydrogen) atoms. The number of carboxylic acids is 1. The first-order valence-electron chi connectivity index (χ1n) is 26.0. The van der Waals surface area contributed by atoms with Gasteiger partial charge in [0, 0.05) is 19.3 Å². The third-order valence-corrected chi connectivity index (χ3v) is 11.7. The number of aliphatic hydroxyl groups is 2. The molecule has 0 aromatic rings. The standard InChI is InChI=1S/C53H92O12/c1-4-7-10-13-16-19-22-23-26-27-30-33-36-39-45(54)61-42-44(63-46(55)40-37-34-31-28-24-20-17-14-11-8-5-2)43-62-53-51(49(58)48(57)50(65-53)52(59)60)64-47(56)41-38-35-32-29-25-21-18-15-12-9-6-3/h10,13,15,18-19,22,44,48-51,53,57-58H,4-9,11-12,14,16-17,20-21,23-43H2,1-3H3,(H,59,60)/b13-10-,18-15-,22-19-. The van der Waals surface area contributed by atoms with Crippen LogP contribution in [-0.4, -0.2) is 89.2 Å². The highest BCUT2D eigenvalue weighted by Gasteiger charge is 2.50. The van der Waals surface area contributed by atoms with Gasteiger partial charge in [0.15, 0.2) is 24.6 Å². The molecule has 0 aromatic carbocycles. The van der Waals surface area contributed by atoms with Crippen LogP contribution in [-0.2, 0) is 42.9 Å². The van der Waals surface area contributed by atoms with Crippen LogP contribution in [0.4, 0.5) is 0 Å². The Hall–Kier alpha value is -3.06. The quantitative estimate of drug-likeness (QED) is 0.0229. The highest BCUT2D eigenvalue weighted by atomic mass is 16.7. The Kier molecular flexibility index (Phi) is 39.0. The number of esters is 3. The molecule has 1 heterocycles. The molecule has 0 aliphatic carbocycles. The van der Waals surface area contributed by atoms with Crippen molar-refractivity contribution in [3.8, 4) is 0 Å². The summed E-state index contributed by atoms with van der Waals surface area (Å²) in [5.74, 6) is -3.14. The zero-order valence-electron chi connectivity index (χ0n) is 41.0. The van der Waals surface area contributed by atoms with Crippen LogP contribution in [0.1, 0.15) is 226 Å². The smallest absolute Gasteiger partial charge is 0.335 e. The molecule has 12 nitrogen and oxygen atoms in total. The summed E-state index contributed by atoms with van der Waals surface area (Å²) in [4.78, 5) is 50.7. The minimum atomic E-state index is -1.90. The number of ether oxygens (including phenoxy) is 5. The van der Waals surface area contributed by atoms with Crippen LogP contribution >= 0.6 is 0 Å². The fourth-order valence-electron chi connectivity index (χ4n) is 7.62.